The summed E-state index contributed by atoms with van der Waals surface area (Å²) in [6, 6.07) is 7.54. The smallest absolute Gasteiger partial charge is 0.249 e. The zero-order chi connectivity index (χ0) is 18.4. The summed E-state index contributed by atoms with van der Waals surface area (Å²) in [6.45, 7) is 5.15. The predicted molar refractivity (Wildman–Crippen MR) is 103 cm³/mol. The van der Waals surface area contributed by atoms with Crippen molar-refractivity contribution in [1.29, 1.82) is 0 Å². The van der Waals surface area contributed by atoms with Crippen LogP contribution >= 0.6 is 23.1 Å². The minimum Gasteiger partial charge on any atom is -0.299 e. The maximum Gasteiger partial charge on any atom is 0.249 e. The van der Waals surface area contributed by atoms with E-state index < -0.39 is 22.0 Å². The average Bonchev–Trinajstić information content (AvgIpc) is 3.00. The van der Waals surface area contributed by atoms with E-state index in [-0.39, 0.29) is 0 Å². The number of amides is 1. The molecule has 0 saturated heterocycles. The van der Waals surface area contributed by atoms with Crippen molar-refractivity contribution in [3.8, 4) is 0 Å². The lowest BCUT2D eigenvalue weighted by Gasteiger charge is -2.27. The molecule has 0 unspecified atom stereocenters. The molecule has 0 saturated carbocycles. The minimum absolute atomic E-state index is 0.324. The molecule has 0 aliphatic heterocycles. The summed E-state index contributed by atoms with van der Waals surface area (Å²) in [4.78, 5) is 12.5. The van der Waals surface area contributed by atoms with E-state index in [2.05, 4.69) is 22.1 Å². The number of carbonyl (C=O) groups is 1. The molecule has 0 aliphatic carbocycles. The van der Waals surface area contributed by atoms with Gasteiger partial charge in [-0.05, 0) is 19.1 Å². The van der Waals surface area contributed by atoms with Crippen molar-refractivity contribution in [3.63, 3.8) is 0 Å². The van der Waals surface area contributed by atoms with Crippen LogP contribution in [0.1, 0.15) is 6.92 Å². The summed E-state index contributed by atoms with van der Waals surface area (Å²) in [7, 11) is -3.64. The molecule has 25 heavy (non-hydrogen) atoms. The highest BCUT2D eigenvalue weighted by Crippen LogP contribution is 2.26. The summed E-state index contributed by atoms with van der Waals surface area (Å²) in [5, 5.41) is 10.8. The lowest BCUT2D eigenvalue weighted by Crippen LogP contribution is -2.45. The number of rotatable bonds is 8. The van der Waals surface area contributed by atoms with Gasteiger partial charge >= 0.3 is 0 Å². The highest BCUT2D eigenvalue weighted by atomic mass is 32.2. The molecule has 0 radical (unpaired) electrons. The summed E-state index contributed by atoms with van der Waals surface area (Å²) in [6.07, 6.45) is 2.81. The van der Waals surface area contributed by atoms with Crippen molar-refractivity contribution in [2.75, 3.05) is 21.6 Å². The van der Waals surface area contributed by atoms with Gasteiger partial charge in [-0.15, -0.1) is 16.8 Å². The van der Waals surface area contributed by atoms with Crippen LogP contribution in [-0.2, 0) is 14.8 Å². The molecule has 0 aliphatic rings. The Bertz CT molecular complexity index is 837. The second kappa shape index (κ2) is 8.45. The number of hydrogen-bond acceptors (Lipinski definition) is 7. The first-order valence-electron chi connectivity index (χ1n) is 7.25. The second-order valence-corrected chi connectivity index (χ2v) is 9.14. The van der Waals surface area contributed by atoms with Crippen LogP contribution in [0.25, 0.3) is 0 Å². The Hall–Kier alpha value is -1.91. The Morgan fingerprint density at radius 2 is 2.08 bits per heavy atom. The number of anilines is 2. The van der Waals surface area contributed by atoms with Crippen molar-refractivity contribution in [2.45, 2.75) is 17.3 Å². The van der Waals surface area contributed by atoms with E-state index >= 15 is 0 Å². The Kier molecular flexibility index (Phi) is 6.57. The summed E-state index contributed by atoms with van der Waals surface area (Å²) in [5.74, 6) is 0.208. The highest BCUT2D eigenvalue weighted by Gasteiger charge is 2.29. The maximum absolute atomic E-state index is 12.5. The topological polar surface area (TPSA) is 92.3 Å². The number of nitrogens with zero attached hydrogens (tertiary/aromatic N) is 3. The third-order valence-corrected chi connectivity index (χ3v) is 6.27. The van der Waals surface area contributed by atoms with Gasteiger partial charge in [-0.25, -0.2) is 8.42 Å². The minimum atomic E-state index is -3.64. The van der Waals surface area contributed by atoms with E-state index in [4.69, 9.17) is 0 Å². The van der Waals surface area contributed by atoms with Crippen LogP contribution in [0.2, 0.25) is 0 Å². The fourth-order valence-corrected chi connectivity index (χ4v) is 4.73. The number of thioether (sulfide) groups is 1. The first kappa shape index (κ1) is 19.4. The Morgan fingerprint density at radius 3 is 2.68 bits per heavy atom. The van der Waals surface area contributed by atoms with Crippen molar-refractivity contribution in [1.82, 2.24) is 10.2 Å². The molecule has 0 fully saturated rings. The number of carbonyl (C=O) groups excluding carboxylic acids is 1. The highest BCUT2D eigenvalue weighted by molar-refractivity contribution is 8.01. The molecule has 1 N–H and O–H groups in total. The van der Waals surface area contributed by atoms with Gasteiger partial charge in [0, 0.05) is 5.75 Å². The first-order valence-corrected chi connectivity index (χ1v) is 10.9. The largest absolute Gasteiger partial charge is 0.299 e. The Labute approximate surface area is 155 Å². The van der Waals surface area contributed by atoms with E-state index in [0.717, 1.165) is 10.6 Å². The van der Waals surface area contributed by atoms with Gasteiger partial charge in [-0.1, -0.05) is 47.4 Å². The van der Waals surface area contributed by atoms with E-state index in [1.54, 1.807) is 36.4 Å². The van der Waals surface area contributed by atoms with Crippen LogP contribution in [0.3, 0.4) is 0 Å². The molecule has 1 amide bonds. The van der Waals surface area contributed by atoms with Crippen LogP contribution in [0.4, 0.5) is 10.8 Å². The Morgan fingerprint density at radius 1 is 1.40 bits per heavy atom. The molecule has 1 aromatic carbocycles. The summed E-state index contributed by atoms with van der Waals surface area (Å²) >= 11 is 2.68. The van der Waals surface area contributed by atoms with Crippen LogP contribution in [0.15, 0.2) is 47.3 Å². The molecule has 2 rings (SSSR count). The molecule has 2 aromatic rings. The molecular formula is C15H18N4O3S3. The molecule has 1 aromatic heterocycles. The fraction of sp³-hybridized carbons (Fsp3) is 0.267. The Balaban J connectivity index is 2.16. The van der Waals surface area contributed by atoms with Gasteiger partial charge in [-0.3, -0.25) is 14.4 Å². The normalized spacial score (nSPS) is 12.4. The lowest BCUT2D eigenvalue weighted by molar-refractivity contribution is -0.116. The van der Waals surface area contributed by atoms with Gasteiger partial charge in [0.05, 0.1) is 11.9 Å². The zero-order valence-corrected chi connectivity index (χ0v) is 16.2. The van der Waals surface area contributed by atoms with Gasteiger partial charge in [-0.2, -0.15) is 0 Å². The van der Waals surface area contributed by atoms with Gasteiger partial charge in [0.25, 0.3) is 0 Å². The third kappa shape index (κ3) is 5.28. The third-order valence-electron chi connectivity index (χ3n) is 3.06. The van der Waals surface area contributed by atoms with Crippen molar-refractivity contribution >= 4 is 49.8 Å². The van der Waals surface area contributed by atoms with Gasteiger partial charge < -0.3 is 0 Å². The van der Waals surface area contributed by atoms with E-state index in [9.17, 15) is 13.2 Å². The lowest BCUT2D eigenvalue weighted by atomic mass is 10.2. The fourth-order valence-electron chi connectivity index (χ4n) is 2.04. The average molecular weight is 399 g/mol. The predicted octanol–water partition coefficient (Wildman–Crippen LogP) is 2.61. The van der Waals surface area contributed by atoms with Crippen molar-refractivity contribution in [2.24, 2.45) is 0 Å². The first-order chi connectivity index (χ1) is 11.8. The summed E-state index contributed by atoms with van der Waals surface area (Å²) in [5.41, 5.74) is 0.423. The maximum atomic E-state index is 12.5. The molecule has 0 bridgehead atoms. The monoisotopic (exact) mass is 398 g/mol. The number of hydrogen-bond donors (Lipinski definition) is 1. The number of sulfonamides is 1. The van der Waals surface area contributed by atoms with Crippen LogP contribution in [-0.4, -0.2) is 42.6 Å². The summed E-state index contributed by atoms with van der Waals surface area (Å²) < 4.78 is 26.1. The zero-order valence-electron chi connectivity index (χ0n) is 13.7. The van der Waals surface area contributed by atoms with E-state index in [1.165, 1.54) is 30.0 Å². The number of para-hydroxylation sites is 1. The SMILES string of the molecule is C=CCSc1nnc(NC(=O)[C@@H](C)N(c2ccccc2)S(C)(=O)=O)s1. The second-order valence-electron chi connectivity index (χ2n) is 5.03. The molecule has 1 atom stereocenters. The number of aromatic nitrogens is 2. The quantitative estimate of drug-likeness (QED) is 0.417. The number of nitrogens with one attached hydrogen (secondary N) is 1. The standard InChI is InChI=1S/C15H18N4O3S3/c1-4-10-23-15-18-17-14(24-15)16-13(20)11(2)19(25(3,21)22)12-8-6-5-7-9-12/h4-9,11H,1,10H2,2-3H3,(H,16,17,20)/t11-/m1/s1. The molecule has 0 spiro atoms. The molecule has 134 valence electrons. The molecule has 7 nitrogen and oxygen atoms in total. The number of benzene rings is 1. The van der Waals surface area contributed by atoms with Gasteiger partial charge in [0.15, 0.2) is 4.34 Å². The van der Waals surface area contributed by atoms with Gasteiger partial charge in [0.2, 0.25) is 21.1 Å². The van der Waals surface area contributed by atoms with Gasteiger partial charge in [0.1, 0.15) is 6.04 Å². The molecule has 10 heteroatoms. The van der Waals surface area contributed by atoms with E-state index in [0.29, 0.717) is 20.9 Å². The van der Waals surface area contributed by atoms with Crippen molar-refractivity contribution < 1.29 is 13.2 Å². The van der Waals surface area contributed by atoms with E-state index in [1.807, 2.05) is 0 Å². The van der Waals surface area contributed by atoms with Crippen LogP contribution in [0, 0.1) is 0 Å². The van der Waals surface area contributed by atoms with Crippen molar-refractivity contribution in [3.05, 3.63) is 43.0 Å². The van der Waals surface area contributed by atoms with Crippen LogP contribution < -0.4 is 9.62 Å². The molecular weight excluding hydrogens is 380 g/mol. The molecule has 1 heterocycles. The van der Waals surface area contributed by atoms with Crippen LogP contribution in [0.5, 0.6) is 0 Å².